The molecule has 1 heterocycles. The van der Waals surface area contributed by atoms with Gasteiger partial charge in [0.1, 0.15) is 11.5 Å². The van der Waals surface area contributed by atoms with E-state index in [9.17, 15) is 0 Å². The summed E-state index contributed by atoms with van der Waals surface area (Å²) in [5.41, 5.74) is 2.38. The lowest BCUT2D eigenvalue weighted by molar-refractivity contribution is 0.223. The second-order valence-electron chi connectivity index (χ2n) is 6.05. The fourth-order valence-corrected chi connectivity index (χ4v) is 2.55. The van der Waals surface area contributed by atoms with Crippen LogP contribution in [0.2, 0.25) is 0 Å². The summed E-state index contributed by atoms with van der Waals surface area (Å²) in [4.78, 5) is 8.70. The third kappa shape index (κ3) is 5.51. The summed E-state index contributed by atoms with van der Waals surface area (Å²) in [6.07, 6.45) is 3.68. The minimum absolute atomic E-state index is 0.802. The van der Waals surface area contributed by atoms with Crippen LogP contribution >= 0.6 is 0 Å². The van der Waals surface area contributed by atoms with Gasteiger partial charge in [-0.2, -0.15) is 0 Å². The zero-order valence-electron chi connectivity index (χ0n) is 15.0. The maximum atomic E-state index is 5.52. The van der Waals surface area contributed by atoms with E-state index < -0.39 is 0 Å². The zero-order chi connectivity index (χ0) is 17.4. The Labute approximate surface area is 144 Å². The average molecular weight is 329 g/mol. The lowest BCUT2D eigenvalue weighted by Crippen LogP contribution is -2.31. The maximum absolute atomic E-state index is 5.52. The fraction of sp³-hybridized carbons (Fsp3) is 0.421. The summed E-state index contributed by atoms with van der Waals surface area (Å²) in [6.45, 7) is 3.64. The number of rotatable bonds is 9. The highest BCUT2D eigenvalue weighted by Gasteiger charge is 2.12. The van der Waals surface area contributed by atoms with Crippen molar-refractivity contribution in [1.29, 1.82) is 0 Å². The number of nitrogens with zero attached hydrogens (tertiary/aromatic N) is 3. The molecule has 0 aliphatic heterocycles. The minimum Gasteiger partial charge on any atom is -0.497 e. The van der Waals surface area contributed by atoms with Crippen molar-refractivity contribution in [2.75, 3.05) is 41.4 Å². The first-order valence-electron chi connectivity index (χ1n) is 8.09. The molecule has 2 rings (SSSR count). The molecule has 1 aromatic heterocycles. The summed E-state index contributed by atoms with van der Waals surface area (Å²) in [7, 11) is 7.58. The van der Waals surface area contributed by atoms with Crippen LogP contribution in [-0.4, -0.2) is 56.2 Å². The van der Waals surface area contributed by atoms with Crippen molar-refractivity contribution in [1.82, 2.24) is 14.8 Å². The molecule has 0 aliphatic carbocycles. The Kier molecular flexibility index (Phi) is 7.03. The molecular formula is C19H27N3O2. The molecule has 0 amide bonds. The van der Waals surface area contributed by atoms with Crippen LogP contribution < -0.4 is 9.47 Å². The van der Waals surface area contributed by atoms with Crippen LogP contribution in [0.15, 0.2) is 42.7 Å². The van der Waals surface area contributed by atoms with Crippen molar-refractivity contribution < 1.29 is 9.47 Å². The number of benzene rings is 1. The number of ether oxygens (including phenoxy) is 2. The molecule has 130 valence electrons. The summed E-state index contributed by atoms with van der Waals surface area (Å²) < 4.78 is 10.9. The zero-order valence-corrected chi connectivity index (χ0v) is 15.0. The van der Waals surface area contributed by atoms with Crippen LogP contribution in [0.5, 0.6) is 11.5 Å². The SMILES string of the molecule is COc1ccc(OC)c(CN(CCN(C)C)Cc2ccncc2)c1. The second-order valence-corrected chi connectivity index (χ2v) is 6.05. The largest absolute Gasteiger partial charge is 0.497 e. The monoisotopic (exact) mass is 329 g/mol. The molecule has 0 spiro atoms. The van der Waals surface area contributed by atoms with Gasteiger partial charge in [0.05, 0.1) is 14.2 Å². The number of aromatic nitrogens is 1. The van der Waals surface area contributed by atoms with E-state index in [1.807, 2.05) is 30.6 Å². The van der Waals surface area contributed by atoms with Gasteiger partial charge < -0.3 is 14.4 Å². The van der Waals surface area contributed by atoms with Crippen LogP contribution in [0.1, 0.15) is 11.1 Å². The van der Waals surface area contributed by atoms with Crippen LogP contribution in [0.4, 0.5) is 0 Å². The molecular weight excluding hydrogens is 302 g/mol. The molecule has 0 radical (unpaired) electrons. The Bertz CT molecular complexity index is 617. The standard InChI is InChI=1S/C19H27N3O2/c1-21(2)11-12-22(14-16-7-9-20-10-8-16)15-17-13-18(23-3)5-6-19(17)24-4/h5-10,13H,11-12,14-15H2,1-4H3. The predicted octanol–water partition coefficient (Wildman–Crippen LogP) is 2.66. The van der Waals surface area contributed by atoms with E-state index in [2.05, 4.69) is 41.0 Å². The number of hydrogen-bond donors (Lipinski definition) is 0. The van der Waals surface area contributed by atoms with E-state index in [1.54, 1.807) is 14.2 Å². The lowest BCUT2D eigenvalue weighted by Gasteiger charge is -2.25. The molecule has 0 atom stereocenters. The molecule has 5 nitrogen and oxygen atoms in total. The molecule has 0 aliphatic rings. The van der Waals surface area contributed by atoms with E-state index in [4.69, 9.17) is 9.47 Å². The van der Waals surface area contributed by atoms with E-state index in [0.717, 1.165) is 43.2 Å². The Morgan fingerprint density at radius 3 is 2.29 bits per heavy atom. The van der Waals surface area contributed by atoms with Gasteiger partial charge in [0.25, 0.3) is 0 Å². The van der Waals surface area contributed by atoms with Gasteiger partial charge in [0, 0.05) is 44.1 Å². The van der Waals surface area contributed by atoms with Gasteiger partial charge in [0.15, 0.2) is 0 Å². The highest BCUT2D eigenvalue weighted by molar-refractivity contribution is 5.40. The summed E-state index contributed by atoms with van der Waals surface area (Å²) in [5, 5.41) is 0. The number of pyridine rings is 1. The number of methoxy groups -OCH3 is 2. The number of hydrogen-bond acceptors (Lipinski definition) is 5. The van der Waals surface area contributed by atoms with Gasteiger partial charge in [-0.1, -0.05) is 0 Å². The molecule has 2 aromatic rings. The summed E-state index contributed by atoms with van der Waals surface area (Å²) in [6, 6.07) is 10.1. The number of likely N-dealkylation sites (N-methyl/N-ethyl adjacent to an activating group) is 1. The third-order valence-electron chi connectivity index (χ3n) is 3.90. The normalized spacial score (nSPS) is 11.1. The Hall–Kier alpha value is -2.11. The van der Waals surface area contributed by atoms with Crippen molar-refractivity contribution in [2.24, 2.45) is 0 Å². The van der Waals surface area contributed by atoms with Crippen LogP contribution in [0.25, 0.3) is 0 Å². The molecule has 0 unspecified atom stereocenters. The summed E-state index contributed by atoms with van der Waals surface area (Å²) >= 11 is 0. The van der Waals surface area contributed by atoms with Crippen LogP contribution in [-0.2, 0) is 13.1 Å². The molecule has 24 heavy (non-hydrogen) atoms. The molecule has 5 heteroatoms. The smallest absolute Gasteiger partial charge is 0.123 e. The molecule has 0 bridgehead atoms. The minimum atomic E-state index is 0.802. The van der Waals surface area contributed by atoms with Crippen molar-refractivity contribution in [2.45, 2.75) is 13.1 Å². The molecule has 0 saturated heterocycles. The van der Waals surface area contributed by atoms with E-state index in [-0.39, 0.29) is 0 Å². The maximum Gasteiger partial charge on any atom is 0.123 e. The van der Waals surface area contributed by atoms with Crippen LogP contribution in [0, 0.1) is 0 Å². The predicted molar refractivity (Wildman–Crippen MR) is 96.5 cm³/mol. The van der Waals surface area contributed by atoms with E-state index >= 15 is 0 Å². The third-order valence-corrected chi connectivity index (χ3v) is 3.90. The molecule has 0 fully saturated rings. The van der Waals surface area contributed by atoms with E-state index in [0.29, 0.717) is 0 Å². The Morgan fingerprint density at radius 2 is 1.67 bits per heavy atom. The lowest BCUT2D eigenvalue weighted by atomic mass is 10.1. The second kappa shape index (κ2) is 9.25. The van der Waals surface area contributed by atoms with Crippen molar-refractivity contribution >= 4 is 0 Å². The van der Waals surface area contributed by atoms with Gasteiger partial charge in [0.2, 0.25) is 0 Å². The van der Waals surface area contributed by atoms with Crippen molar-refractivity contribution in [3.05, 3.63) is 53.9 Å². The van der Waals surface area contributed by atoms with Gasteiger partial charge in [-0.3, -0.25) is 9.88 Å². The first-order valence-corrected chi connectivity index (χ1v) is 8.09. The highest BCUT2D eigenvalue weighted by atomic mass is 16.5. The first-order chi connectivity index (χ1) is 11.6. The topological polar surface area (TPSA) is 37.8 Å². The molecule has 0 saturated carbocycles. The highest BCUT2D eigenvalue weighted by Crippen LogP contribution is 2.25. The first kappa shape index (κ1) is 18.2. The van der Waals surface area contributed by atoms with Crippen molar-refractivity contribution in [3.8, 4) is 11.5 Å². The average Bonchev–Trinajstić information content (AvgIpc) is 2.60. The Balaban J connectivity index is 2.17. The van der Waals surface area contributed by atoms with Gasteiger partial charge in [-0.25, -0.2) is 0 Å². The van der Waals surface area contributed by atoms with Crippen LogP contribution in [0.3, 0.4) is 0 Å². The summed E-state index contributed by atoms with van der Waals surface area (Å²) in [5.74, 6) is 1.74. The molecule has 1 aromatic carbocycles. The Morgan fingerprint density at radius 1 is 0.917 bits per heavy atom. The molecule has 0 N–H and O–H groups in total. The van der Waals surface area contributed by atoms with Gasteiger partial charge >= 0.3 is 0 Å². The van der Waals surface area contributed by atoms with Crippen molar-refractivity contribution in [3.63, 3.8) is 0 Å². The quantitative estimate of drug-likeness (QED) is 0.707. The fourth-order valence-electron chi connectivity index (χ4n) is 2.55. The van der Waals surface area contributed by atoms with E-state index in [1.165, 1.54) is 5.56 Å². The van der Waals surface area contributed by atoms with Gasteiger partial charge in [-0.05, 0) is 50.0 Å². The van der Waals surface area contributed by atoms with Gasteiger partial charge in [-0.15, -0.1) is 0 Å².